The van der Waals surface area contributed by atoms with E-state index in [1.54, 1.807) is 0 Å². The molecule has 1 rings (SSSR count). The summed E-state index contributed by atoms with van der Waals surface area (Å²) in [7, 11) is 0. The number of ketones is 1. The first kappa shape index (κ1) is 12.2. The Balaban J connectivity index is 3.40. The molecule has 0 saturated carbocycles. The van der Waals surface area contributed by atoms with E-state index in [2.05, 4.69) is 15.9 Å². The van der Waals surface area contributed by atoms with Crippen molar-refractivity contribution in [1.82, 2.24) is 0 Å². The van der Waals surface area contributed by atoms with Gasteiger partial charge >= 0.3 is 6.18 Å². The molecule has 0 fully saturated rings. The molecule has 82 valence electrons. The molecule has 0 aliphatic carbocycles. The van der Waals surface area contributed by atoms with Gasteiger partial charge in [0.2, 0.25) is 0 Å². The summed E-state index contributed by atoms with van der Waals surface area (Å²) in [5.41, 5.74) is 3.67. The maximum absolute atomic E-state index is 12.5. The molecule has 1 aromatic carbocycles. The second-order valence-corrected chi connectivity index (χ2v) is 3.64. The summed E-state index contributed by atoms with van der Waals surface area (Å²) in [4.78, 5) is 11.2. The molecule has 0 atom stereocenters. The maximum Gasteiger partial charge on any atom is 0.417 e. The predicted molar refractivity (Wildman–Crippen MR) is 52.5 cm³/mol. The van der Waals surface area contributed by atoms with E-state index in [-0.39, 0.29) is 4.47 Å². The molecule has 0 aliphatic rings. The van der Waals surface area contributed by atoms with Gasteiger partial charge in [0, 0.05) is 10.0 Å². The third-order valence-electron chi connectivity index (χ3n) is 1.78. The van der Waals surface area contributed by atoms with Gasteiger partial charge in [-0.15, -0.1) is 0 Å². The van der Waals surface area contributed by atoms with Crippen molar-refractivity contribution in [3.63, 3.8) is 0 Å². The van der Waals surface area contributed by atoms with E-state index in [0.29, 0.717) is 0 Å². The van der Waals surface area contributed by atoms with Crippen LogP contribution >= 0.6 is 15.9 Å². The zero-order valence-electron chi connectivity index (χ0n) is 7.44. The standard InChI is InChI=1S/C9H7BrF3NO/c10-6-3-1-2-5(9(11,12)13)8(6)7(15)4-14/h1-3H,4,14H2. The molecule has 0 bridgehead atoms. The molecule has 15 heavy (non-hydrogen) atoms. The monoisotopic (exact) mass is 281 g/mol. The number of halogens is 4. The SMILES string of the molecule is NCC(=O)c1c(Br)cccc1C(F)(F)F. The van der Waals surface area contributed by atoms with Gasteiger partial charge in [-0.3, -0.25) is 4.79 Å². The second-order valence-electron chi connectivity index (χ2n) is 2.79. The molecule has 0 heterocycles. The van der Waals surface area contributed by atoms with Crippen LogP contribution in [0.2, 0.25) is 0 Å². The van der Waals surface area contributed by atoms with Crippen LogP contribution in [0, 0.1) is 0 Å². The largest absolute Gasteiger partial charge is 0.417 e. The molecule has 0 aliphatic heterocycles. The molecular weight excluding hydrogens is 275 g/mol. The van der Waals surface area contributed by atoms with Gasteiger partial charge in [0.15, 0.2) is 5.78 Å². The summed E-state index contributed by atoms with van der Waals surface area (Å²) >= 11 is 2.90. The molecule has 1 aromatic rings. The number of nitrogens with two attached hydrogens (primary N) is 1. The highest BCUT2D eigenvalue weighted by atomic mass is 79.9. The van der Waals surface area contributed by atoms with E-state index < -0.39 is 29.6 Å². The molecule has 6 heteroatoms. The van der Waals surface area contributed by atoms with Crippen LogP contribution in [0.4, 0.5) is 13.2 Å². The van der Waals surface area contributed by atoms with E-state index in [1.165, 1.54) is 12.1 Å². The Kier molecular flexibility index (Phi) is 3.51. The van der Waals surface area contributed by atoms with Crippen molar-refractivity contribution in [2.24, 2.45) is 5.73 Å². The fourth-order valence-electron chi connectivity index (χ4n) is 1.15. The van der Waals surface area contributed by atoms with Crippen molar-refractivity contribution in [2.75, 3.05) is 6.54 Å². The third kappa shape index (κ3) is 2.57. The van der Waals surface area contributed by atoms with Crippen molar-refractivity contribution in [3.8, 4) is 0 Å². The van der Waals surface area contributed by atoms with Gasteiger partial charge in [-0.25, -0.2) is 0 Å². The molecular formula is C9H7BrF3NO. The van der Waals surface area contributed by atoms with Crippen molar-refractivity contribution in [2.45, 2.75) is 6.18 Å². The summed E-state index contributed by atoms with van der Waals surface area (Å²) in [5.74, 6) is -0.741. The molecule has 0 saturated heterocycles. The Bertz CT molecular complexity index is 389. The van der Waals surface area contributed by atoms with Crippen LogP contribution in [0.15, 0.2) is 22.7 Å². The summed E-state index contributed by atoms with van der Waals surface area (Å²) < 4.78 is 37.6. The van der Waals surface area contributed by atoms with Gasteiger partial charge in [0.05, 0.1) is 12.1 Å². The number of carbonyl (C=O) groups is 1. The minimum absolute atomic E-state index is 0.104. The van der Waals surface area contributed by atoms with E-state index >= 15 is 0 Å². The van der Waals surface area contributed by atoms with E-state index in [4.69, 9.17) is 5.73 Å². The normalized spacial score (nSPS) is 11.5. The van der Waals surface area contributed by atoms with Crippen LogP contribution in [0.5, 0.6) is 0 Å². The smallest absolute Gasteiger partial charge is 0.324 e. The highest BCUT2D eigenvalue weighted by Gasteiger charge is 2.35. The van der Waals surface area contributed by atoms with Gasteiger partial charge < -0.3 is 5.73 Å². The molecule has 0 amide bonds. The van der Waals surface area contributed by atoms with Crippen molar-refractivity contribution in [3.05, 3.63) is 33.8 Å². The zero-order chi connectivity index (χ0) is 11.6. The lowest BCUT2D eigenvalue weighted by atomic mass is 10.0. The van der Waals surface area contributed by atoms with Crippen molar-refractivity contribution < 1.29 is 18.0 Å². The van der Waals surface area contributed by atoms with Crippen LogP contribution in [0.1, 0.15) is 15.9 Å². The quantitative estimate of drug-likeness (QED) is 0.847. The van der Waals surface area contributed by atoms with Gasteiger partial charge in [-0.05, 0) is 12.1 Å². The number of hydrogen-bond donors (Lipinski definition) is 1. The number of alkyl halides is 3. The van der Waals surface area contributed by atoms with Crippen LogP contribution in [0.25, 0.3) is 0 Å². The summed E-state index contributed by atoms with van der Waals surface area (Å²) in [6, 6.07) is 3.45. The first-order valence-corrected chi connectivity index (χ1v) is 4.76. The predicted octanol–water partition coefficient (Wildman–Crippen LogP) is 2.61. The highest BCUT2D eigenvalue weighted by molar-refractivity contribution is 9.10. The molecule has 0 spiro atoms. The Morgan fingerprint density at radius 3 is 2.47 bits per heavy atom. The fraction of sp³-hybridized carbons (Fsp3) is 0.222. The van der Waals surface area contributed by atoms with Crippen molar-refractivity contribution in [1.29, 1.82) is 0 Å². The van der Waals surface area contributed by atoms with Crippen LogP contribution in [0.3, 0.4) is 0 Å². The molecule has 0 radical (unpaired) electrons. The summed E-state index contributed by atoms with van der Waals surface area (Å²) in [6.45, 7) is -0.453. The van der Waals surface area contributed by atoms with Crippen LogP contribution in [-0.2, 0) is 6.18 Å². The number of Topliss-reactive ketones (excluding diaryl/α,β-unsaturated/α-hetero) is 1. The molecule has 2 nitrogen and oxygen atoms in total. The Labute approximate surface area is 92.4 Å². The maximum atomic E-state index is 12.5. The number of carbonyl (C=O) groups excluding carboxylic acids is 1. The Morgan fingerprint density at radius 2 is 2.00 bits per heavy atom. The number of hydrogen-bond acceptors (Lipinski definition) is 2. The summed E-state index contributed by atoms with van der Waals surface area (Å²) in [5, 5.41) is 0. The molecule has 0 unspecified atom stereocenters. The zero-order valence-corrected chi connectivity index (χ0v) is 9.02. The van der Waals surface area contributed by atoms with Gasteiger partial charge in [0.25, 0.3) is 0 Å². The first-order valence-electron chi connectivity index (χ1n) is 3.97. The van der Waals surface area contributed by atoms with E-state index in [9.17, 15) is 18.0 Å². The first-order chi connectivity index (χ1) is 6.88. The average molecular weight is 282 g/mol. The third-order valence-corrected chi connectivity index (χ3v) is 2.44. The van der Waals surface area contributed by atoms with Gasteiger partial charge in [-0.1, -0.05) is 22.0 Å². The molecule has 2 N–H and O–H groups in total. The van der Waals surface area contributed by atoms with Gasteiger partial charge in [-0.2, -0.15) is 13.2 Å². The highest BCUT2D eigenvalue weighted by Crippen LogP contribution is 2.35. The van der Waals surface area contributed by atoms with E-state index in [0.717, 1.165) is 6.07 Å². The minimum atomic E-state index is -4.55. The van der Waals surface area contributed by atoms with Crippen LogP contribution < -0.4 is 5.73 Å². The Hall–Kier alpha value is -0.880. The minimum Gasteiger partial charge on any atom is -0.324 e. The van der Waals surface area contributed by atoms with Crippen LogP contribution in [-0.4, -0.2) is 12.3 Å². The average Bonchev–Trinajstić information content (AvgIpc) is 2.15. The summed E-state index contributed by atoms with van der Waals surface area (Å²) in [6.07, 6.45) is -4.55. The topological polar surface area (TPSA) is 43.1 Å². The molecule has 0 aromatic heterocycles. The lowest BCUT2D eigenvalue weighted by Crippen LogP contribution is -2.19. The number of rotatable bonds is 2. The second kappa shape index (κ2) is 4.32. The van der Waals surface area contributed by atoms with Crippen molar-refractivity contribution >= 4 is 21.7 Å². The Morgan fingerprint density at radius 1 is 1.40 bits per heavy atom. The lowest BCUT2D eigenvalue weighted by Gasteiger charge is -2.12. The van der Waals surface area contributed by atoms with E-state index in [1.807, 2.05) is 0 Å². The van der Waals surface area contributed by atoms with Gasteiger partial charge in [0.1, 0.15) is 0 Å². The number of benzene rings is 1. The lowest BCUT2D eigenvalue weighted by molar-refractivity contribution is -0.137. The fourth-order valence-corrected chi connectivity index (χ4v) is 1.73.